The van der Waals surface area contributed by atoms with E-state index < -0.39 is 23.0 Å². The van der Waals surface area contributed by atoms with Crippen LogP contribution >= 0.6 is 0 Å². The Morgan fingerprint density at radius 3 is 2.61 bits per heavy atom. The van der Waals surface area contributed by atoms with E-state index in [9.17, 15) is 19.5 Å². The van der Waals surface area contributed by atoms with Crippen LogP contribution in [0.4, 0.5) is 0 Å². The van der Waals surface area contributed by atoms with Gasteiger partial charge in [0.25, 0.3) is 11.8 Å². The molecule has 8 nitrogen and oxygen atoms in total. The van der Waals surface area contributed by atoms with Crippen molar-refractivity contribution in [2.75, 3.05) is 19.7 Å². The summed E-state index contributed by atoms with van der Waals surface area (Å²) in [5.74, 6) is -0.454. The fourth-order valence-electron chi connectivity index (χ4n) is 8.50. The first kappa shape index (κ1) is 23.5. The minimum absolute atomic E-state index is 0.0471. The molecule has 1 spiro atoms. The molecule has 1 saturated carbocycles. The predicted molar refractivity (Wildman–Crippen MR) is 137 cm³/mol. The average Bonchev–Trinajstić information content (AvgIpc) is 3.39. The number of likely N-dealkylation sites (tertiary alicyclic amines) is 1. The van der Waals surface area contributed by atoms with Crippen molar-refractivity contribution in [3.8, 4) is 11.5 Å². The topological polar surface area (TPSA) is 96.4 Å². The number of rotatable bonds is 5. The number of hydrogen-bond donors (Lipinski definition) is 1. The van der Waals surface area contributed by atoms with Crippen molar-refractivity contribution in [2.24, 2.45) is 5.41 Å². The molecular weight excluding hydrogens is 484 g/mol. The quantitative estimate of drug-likeness (QED) is 0.372. The largest absolute Gasteiger partial charge is 0.504 e. The summed E-state index contributed by atoms with van der Waals surface area (Å²) < 4.78 is 12.5. The van der Waals surface area contributed by atoms with Gasteiger partial charge in [-0.2, -0.15) is 0 Å². The van der Waals surface area contributed by atoms with Gasteiger partial charge in [-0.25, -0.2) is 0 Å². The number of phenolic OH excluding ortho intramolecular Hbond substituents is 1. The Morgan fingerprint density at radius 1 is 1.18 bits per heavy atom. The lowest BCUT2D eigenvalue weighted by molar-refractivity contribution is -0.177. The minimum Gasteiger partial charge on any atom is -0.504 e. The van der Waals surface area contributed by atoms with Gasteiger partial charge in [0.15, 0.2) is 11.5 Å². The van der Waals surface area contributed by atoms with Crippen LogP contribution in [-0.4, -0.2) is 70.6 Å². The lowest BCUT2D eigenvalue weighted by atomic mass is 9.43. The standard InChI is InChI=1S/C30H30N2O6/c1-3-13-31-14-12-30-24-18-8-9-22(34)25(24)38-26(30)21(10-11-29(30,23(31)15-18)16-37-17(2)33)32-27(35)19-6-4-5-7-20(19)28(32)36/h3-9,21,23,26,34H,1,10-16H2,2H3/t21-,23-,26+,29-,30+/m1/s1. The minimum atomic E-state index is -0.634. The number of piperidine rings is 1. The van der Waals surface area contributed by atoms with Gasteiger partial charge in [-0.1, -0.05) is 24.3 Å². The molecule has 0 unspecified atom stereocenters. The fourth-order valence-corrected chi connectivity index (χ4v) is 8.50. The van der Waals surface area contributed by atoms with Crippen LogP contribution in [0.3, 0.4) is 0 Å². The van der Waals surface area contributed by atoms with Crippen molar-refractivity contribution in [2.45, 2.75) is 56.2 Å². The van der Waals surface area contributed by atoms with Gasteiger partial charge in [0, 0.05) is 35.9 Å². The zero-order valence-corrected chi connectivity index (χ0v) is 21.3. The number of ether oxygens (including phenoxy) is 2. The number of hydrogen-bond acceptors (Lipinski definition) is 7. The van der Waals surface area contributed by atoms with Crippen molar-refractivity contribution in [1.82, 2.24) is 9.80 Å². The number of imide groups is 1. The monoisotopic (exact) mass is 514 g/mol. The van der Waals surface area contributed by atoms with Crippen LogP contribution in [0.5, 0.6) is 11.5 Å². The van der Waals surface area contributed by atoms with Crippen LogP contribution in [0.25, 0.3) is 0 Å². The van der Waals surface area contributed by atoms with Gasteiger partial charge in [-0.3, -0.25) is 24.2 Å². The van der Waals surface area contributed by atoms with Gasteiger partial charge in [-0.15, -0.1) is 6.58 Å². The normalized spacial score (nSPS) is 32.4. The molecule has 3 heterocycles. The van der Waals surface area contributed by atoms with Gasteiger partial charge < -0.3 is 14.6 Å². The van der Waals surface area contributed by atoms with Gasteiger partial charge in [0.05, 0.1) is 23.8 Å². The average molecular weight is 515 g/mol. The van der Waals surface area contributed by atoms with Crippen LogP contribution in [0.15, 0.2) is 49.1 Å². The molecule has 2 bridgehead atoms. The second-order valence-corrected chi connectivity index (χ2v) is 11.3. The van der Waals surface area contributed by atoms with Gasteiger partial charge in [0.1, 0.15) is 6.10 Å². The third-order valence-electron chi connectivity index (χ3n) is 9.86. The highest BCUT2D eigenvalue weighted by Gasteiger charge is 2.74. The molecule has 2 aromatic carbocycles. The molecular formula is C30H30N2O6. The molecule has 0 radical (unpaired) electrons. The van der Waals surface area contributed by atoms with E-state index in [0.717, 1.165) is 24.1 Å². The summed E-state index contributed by atoms with van der Waals surface area (Å²) in [4.78, 5) is 43.2. The second kappa shape index (κ2) is 7.93. The fraction of sp³-hybridized carbons (Fsp3) is 0.433. The van der Waals surface area contributed by atoms with E-state index in [4.69, 9.17) is 9.47 Å². The van der Waals surface area contributed by atoms with Crippen molar-refractivity contribution < 1.29 is 29.0 Å². The molecule has 196 valence electrons. The van der Waals surface area contributed by atoms with Crippen LogP contribution in [0.2, 0.25) is 0 Å². The second-order valence-electron chi connectivity index (χ2n) is 11.3. The maximum atomic E-state index is 13.6. The summed E-state index contributed by atoms with van der Waals surface area (Å²) in [5, 5.41) is 11.0. The first-order valence-electron chi connectivity index (χ1n) is 13.3. The molecule has 8 heteroatoms. The van der Waals surface area contributed by atoms with E-state index in [-0.39, 0.29) is 36.2 Å². The number of benzene rings is 2. The van der Waals surface area contributed by atoms with Crippen LogP contribution in [0.1, 0.15) is 58.0 Å². The van der Waals surface area contributed by atoms with Crippen molar-refractivity contribution in [1.29, 1.82) is 0 Å². The Morgan fingerprint density at radius 2 is 1.92 bits per heavy atom. The molecule has 5 atom stereocenters. The zero-order valence-electron chi connectivity index (χ0n) is 21.3. The first-order valence-corrected chi connectivity index (χ1v) is 13.3. The Bertz CT molecular complexity index is 1380. The maximum absolute atomic E-state index is 13.6. The Kier molecular flexibility index (Phi) is 4.90. The van der Waals surface area contributed by atoms with E-state index in [1.54, 1.807) is 30.3 Å². The zero-order chi connectivity index (χ0) is 26.4. The smallest absolute Gasteiger partial charge is 0.302 e. The van der Waals surface area contributed by atoms with Crippen molar-refractivity contribution in [3.63, 3.8) is 0 Å². The number of phenols is 1. The molecule has 1 saturated heterocycles. The molecule has 2 aliphatic carbocycles. The molecule has 7 rings (SSSR count). The predicted octanol–water partition coefficient (Wildman–Crippen LogP) is 3.22. The summed E-state index contributed by atoms with van der Waals surface area (Å²) in [6.07, 6.45) is 3.92. The lowest BCUT2D eigenvalue weighted by Crippen LogP contribution is -2.76. The summed E-state index contributed by atoms with van der Waals surface area (Å²) in [6, 6.07) is 10.1. The van der Waals surface area contributed by atoms with E-state index in [2.05, 4.69) is 11.5 Å². The van der Waals surface area contributed by atoms with Gasteiger partial charge in [0.2, 0.25) is 0 Å². The van der Waals surface area contributed by atoms with Gasteiger partial charge >= 0.3 is 5.97 Å². The number of fused-ring (bicyclic) bond motifs is 1. The van der Waals surface area contributed by atoms with E-state index >= 15 is 0 Å². The molecule has 0 aromatic heterocycles. The highest BCUT2D eigenvalue weighted by molar-refractivity contribution is 6.21. The molecule has 38 heavy (non-hydrogen) atoms. The number of esters is 1. The summed E-state index contributed by atoms with van der Waals surface area (Å²) in [7, 11) is 0. The molecule has 2 amide bonds. The molecule has 2 fully saturated rings. The highest BCUT2D eigenvalue weighted by Crippen LogP contribution is 2.69. The summed E-state index contributed by atoms with van der Waals surface area (Å²) in [5.41, 5.74) is 1.74. The van der Waals surface area contributed by atoms with E-state index in [0.29, 0.717) is 42.7 Å². The first-order chi connectivity index (χ1) is 18.3. The van der Waals surface area contributed by atoms with E-state index in [1.165, 1.54) is 11.8 Å². The number of carbonyl (C=O) groups excluding carboxylic acids is 3. The Labute approximate surface area is 220 Å². The highest BCUT2D eigenvalue weighted by atomic mass is 16.5. The molecule has 3 aliphatic heterocycles. The SMILES string of the molecule is C=CCN1CC[C@]23c4c5ccc(O)c4O[C@H]2[C@H](N2C(=O)c4ccccc4C2=O)CC[C@@]3(COC(C)=O)[C@H]1C5. The lowest BCUT2D eigenvalue weighted by Gasteiger charge is -2.66. The van der Waals surface area contributed by atoms with E-state index in [1.807, 2.05) is 12.1 Å². The third-order valence-corrected chi connectivity index (χ3v) is 9.86. The number of carbonyl (C=O) groups is 3. The number of amides is 2. The van der Waals surface area contributed by atoms with Crippen LogP contribution < -0.4 is 4.74 Å². The summed E-state index contributed by atoms with van der Waals surface area (Å²) >= 11 is 0. The Balaban J connectivity index is 1.42. The molecule has 2 aromatic rings. The molecule has 5 aliphatic rings. The molecule has 1 N–H and O–H groups in total. The third kappa shape index (κ3) is 2.71. The number of nitrogens with zero attached hydrogens (tertiary/aromatic N) is 2. The maximum Gasteiger partial charge on any atom is 0.302 e. The number of aromatic hydroxyl groups is 1. The van der Waals surface area contributed by atoms with Crippen molar-refractivity contribution >= 4 is 17.8 Å². The Hall–Kier alpha value is -3.65. The van der Waals surface area contributed by atoms with Gasteiger partial charge in [-0.05, 0) is 56.0 Å². The van der Waals surface area contributed by atoms with Crippen LogP contribution in [-0.2, 0) is 21.4 Å². The van der Waals surface area contributed by atoms with Crippen LogP contribution in [0, 0.1) is 5.41 Å². The van der Waals surface area contributed by atoms with Crippen molar-refractivity contribution in [3.05, 3.63) is 71.3 Å². The summed E-state index contributed by atoms with van der Waals surface area (Å²) in [6.45, 7) is 7.08.